The molecule has 0 aromatic heterocycles. The van der Waals surface area contributed by atoms with E-state index in [2.05, 4.69) is 61.2 Å². The fraction of sp³-hybridized carbons (Fsp3) is 0.375. The van der Waals surface area contributed by atoms with Gasteiger partial charge in [-0.3, -0.25) is 0 Å². The van der Waals surface area contributed by atoms with Crippen LogP contribution in [0, 0.1) is 0 Å². The molecule has 0 radical (unpaired) electrons. The van der Waals surface area contributed by atoms with Crippen molar-refractivity contribution in [2.45, 2.75) is 26.3 Å². The van der Waals surface area contributed by atoms with Crippen molar-refractivity contribution >= 4 is 37.2 Å². The Morgan fingerprint density at radius 2 is 1.62 bits per heavy atom. The van der Waals surface area contributed by atoms with Crippen LogP contribution in [0.1, 0.15) is 31.9 Å². The Hall–Kier alpha value is 0.400. The monoisotopic (exact) mass is 514 g/mol. The quantitative estimate of drug-likeness (QED) is 0.495. The normalized spacial score (nSPS) is 14.2. The van der Waals surface area contributed by atoms with Crippen molar-refractivity contribution in [2.24, 2.45) is 0 Å². The molecule has 0 spiro atoms. The van der Waals surface area contributed by atoms with Crippen LogP contribution in [0.15, 0.2) is 51.4 Å². The summed E-state index contributed by atoms with van der Waals surface area (Å²) in [7, 11) is 0. The minimum Gasteiger partial charge on any atom is -0.147 e. The third-order valence-electron chi connectivity index (χ3n) is 3.56. The smallest absolute Gasteiger partial charge is 0.147 e. The molecular weight excluding hydrogens is 491 g/mol. The largest absolute Gasteiger partial charge is 0.147 e. The van der Waals surface area contributed by atoms with Crippen molar-refractivity contribution in [1.29, 1.82) is 0 Å². The summed E-state index contributed by atoms with van der Waals surface area (Å²) in [5, 5.41) is 0. The van der Waals surface area contributed by atoms with Gasteiger partial charge in [0.05, 0.1) is 0 Å². The number of hydrogen-bond acceptors (Lipinski definition) is 1. The standard InChI is InChI=1S/C16H20N.3ClH.Hf/c1-3-17(4-2)16(15-12-8-9-13-15)14-10-6-5-7-11-14;;;;/h5-8,10-12,16H,3-4,9H2,1-2H3;3*1H;. The molecule has 1 nitrogen and oxygen atoms in total. The molecule has 117 valence electrons. The molecule has 1 atom stereocenters. The van der Waals surface area contributed by atoms with Crippen molar-refractivity contribution in [3.05, 3.63) is 57.0 Å². The molecule has 1 aliphatic rings. The van der Waals surface area contributed by atoms with Crippen LogP contribution >= 0.6 is 37.2 Å². The molecule has 21 heavy (non-hydrogen) atoms. The zero-order chi connectivity index (χ0) is 13.0. The second-order valence-corrected chi connectivity index (χ2v) is 6.74. The van der Waals surface area contributed by atoms with Gasteiger partial charge >= 0.3 is 126 Å². The van der Waals surface area contributed by atoms with E-state index < -0.39 is 0 Å². The summed E-state index contributed by atoms with van der Waals surface area (Å²) < 4.78 is 1.65. The molecule has 5 heteroatoms. The predicted molar refractivity (Wildman–Crippen MR) is 94.6 cm³/mol. The average molecular weight is 514 g/mol. The molecule has 1 aromatic carbocycles. The molecule has 2 rings (SSSR count). The topological polar surface area (TPSA) is 3.24 Å². The molecule has 0 saturated heterocycles. The SMILES string of the molecule is CCN(CC)C(C1=[C]([Hf])CC=C1)c1ccccc1.Cl.Cl.Cl. The second kappa shape index (κ2) is 11.9. The van der Waals surface area contributed by atoms with Gasteiger partial charge in [0, 0.05) is 0 Å². The maximum absolute atomic E-state index is 2.55. The van der Waals surface area contributed by atoms with E-state index in [0.29, 0.717) is 6.04 Å². The van der Waals surface area contributed by atoms with Crippen LogP contribution in [0.2, 0.25) is 0 Å². The molecule has 0 bridgehead atoms. The molecule has 1 unspecified atom stereocenters. The van der Waals surface area contributed by atoms with Gasteiger partial charge in [-0.05, 0) is 0 Å². The van der Waals surface area contributed by atoms with E-state index in [9.17, 15) is 0 Å². The maximum atomic E-state index is 2.55. The van der Waals surface area contributed by atoms with Gasteiger partial charge in [-0.25, -0.2) is 0 Å². The first-order chi connectivity index (χ1) is 8.77. The van der Waals surface area contributed by atoms with Gasteiger partial charge in [0.2, 0.25) is 0 Å². The van der Waals surface area contributed by atoms with Crippen LogP contribution in [0.25, 0.3) is 0 Å². The van der Waals surface area contributed by atoms with E-state index in [1.807, 2.05) is 0 Å². The van der Waals surface area contributed by atoms with Crippen LogP contribution in [-0.4, -0.2) is 18.0 Å². The molecule has 0 heterocycles. The fourth-order valence-corrected chi connectivity index (χ4v) is 3.80. The Labute approximate surface area is 162 Å². The molecule has 0 aliphatic heterocycles. The van der Waals surface area contributed by atoms with Crippen molar-refractivity contribution in [2.75, 3.05) is 13.1 Å². The zero-order valence-corrected chi connectivity index (χ0v) is 18.5. The van der Waals surface area contributed by atoms with E-state index in [4.69, 9.17) is 0 Å². The van der Waals surface area contributed by atoms with E-state index in [-0.39, 0.29) is 37.2 Å². The van der Waals surface area contributed by atoms with Crippen LogP contribution in [0.5, 0.6) is 0 Å². The fourth-order valence-electron chi connectivity index (χ4n) is 2.59. The molecule has 1 aliphatic carbocycles. The van der Waals surface area contributed by atoms with Gasteiger partial charge in [0.15, 0.2) is 0 Å². The van der Waals surface area contributed by atoms with E-state index in [1.165, 1.54) is 36.4 Å². The van der Waals surface area contributed by atoms with Gasteiger partial charge in [0.25, 0.3) is 0 Å². The average Bonchev–Trinajstić information content (AvgIpc) is 2.83. The Kier molecular flexibility index (Phi) is 13.4. The molecule has 0 fully saturated rings. The summed E-state index contributed by atoms with van der Waals surface area (Å²) in [4.78, 5) is 2.55. The van der Waals surface area contributed by atoms with Gasteiger partial charge in [-0.15, -0.1) is 37.2 Å². The molecule has 1 aromatic rings. The summed E-state index contributed by atoms with van der Waals surface area (Å²) in [6, 6.07) is 11.4. The Morgan fingerprint density at radius 1 is 1.05 bits per heavy atom. The van der Waals surface area contributed by atoms with Gasteiger partial charge < -0.3 is 0 Å². The number of rotatable bonds is 5. The van der Waals surface area contributed by atoms with Crippen LogP contribution in [-0.2, 0) is 24.4 Å². The van der Waals surface area contributed by atoms with Crippen LogP contribution in [0.3, 0.4) is 0 Å². The molecular formula is C16H23Cl3HfN. The molecule has 0 N–H and O–H groups in total. The summed E-state index contributed by atoms with van der Waals surface area (Å²) in [5.41, 5.74) is 2.98. The van der Waals surface area contributed by atoms with Crippen LogP contribution in [0.4, 0.5) is 0 Å². The Balaban J connectivity index is 0. The first-order valence-electron chi connectivity index (χ1n) is 6.68. The summed E-state index contributed by atoms with van der Waals surface area (Å²) in [6.45, 7) is 6.71. The van der Waals surface area contributed by atoms with E-state index in [1.54, 1.807) is 8.90 Å². The summed E-state index contributed by atoms with van der Waals surface area (Å²) in [5.74, 6) is 0. The summed E-state index contributed by atoms with van der Waals surface area (Å²) >= 11 is 1.18. The van der Waals surface area contributed by atoms with E-state index >= 15 is 0 Å². The van der Waals surface area contributed by atoms with Gasteiger partial charge in [0.1, 0.15) is 0 Å². The maximum Gasteiger partial charge on any atom is -0.147 e. The number of likely N-dealkylation sites (N-methyl/N-ethyl adjacent to an activating group) is 1. The third-order valence-corrected chi connectivity index (χ3v) is 5.33. The third kappa shape index (κ3) is 5.84. The summed E-state index contributed by atoms with van der Waals surface area (Å²) in [6.07, 6.45) is 5.83. The molecule has 0 saturated carbocycles. The minimum atomic E-state index is 0. The number of allylic oxidation sites excluding steroid dienone is 2. The number of halogens is 3. The van der Waals surface area contributed by atoms with Gasteiger partial charge in [-0.2, -0.15) is 0 Å². The predicted octanol–water partition coefficient (Wildman–Crippen LogP) is 5.10. The number of benzene rings is 1. The molecule has 0 amide bonds. The van der Waals surface area contributed by atoms with Crippen molar-refractivity contribution in [1.82, 2.24) is 4.90 Å². The Bertz CT molecular complexity index is 456. The minimum absolute atomic E-state index is 0. The van der Waals surface area contributed by atoms with Crippen molar-refractivity contribution in [3.8, 4) is 0 Å². The number of nitrogens with zero attached hydrogens (tertiary/aromatic N) is 1. The van der Waals surface area contributed by atoms with Crippen molar-refractivity contribution in [3.63, 3.8) is 0 Å². The first-order valence-corrected chi connectivity index (χ1v) is 8.47. The van der Waals surface area contributed by atoms with Crippen molar-refractivity contribution < 1.29 is 24.4 Å². The Morgan fingerprint density at radius 3 is 2.05 bits per heavy atom. The van der Waals surface area contributed by atoms with Gasteiger partial charge in [-0.1, -0.05) is 0 Å². The first kappa shape index (κ1) is 23.7. The van der Waals surface area contributed by atoms with Crippen LogP contribution < -0.4 is 0 Å². The second-order valence-electron chi connectivity index (χ2n) is 4.57. The zero-order valence-electron chi connectivity index (χ0n) is 12.4. The van der Waals surface area contributed by atoms with E-state index in [0.717, 1.165) is 13.1 Å². The number of hydrogen-bond donors (Lipinski definition) is 0.